The third kappa shape index (κ3) is 4.37. The third-order valence-corrected chi connectivity index (χ3v) is 5.31. The van der Waals surface area contributed by atoms with E-state index in [4.69, 9.17) is 14.2 Å². The fourth-order valence-electron chi connectivity index (χ4n) is 2.69. The molecule has 0 N–H and O–H groups in total. The molecule has 0 amide bonds. The van der Waals surface area contributed by atoms with Gasteiger partial charge >= 0.3 is 17.9 Å². The van der Waals surface area contributed by atoms with Crippen molar-refractivity contribution < 1.29 is 33.4 Å². The van der Waals surface area contributed by atoms with E-state index in [9.17, 15) is 19.2 Å². The number of ether oxygens (including phenoxy) is 3. The molecule has 0 fully saturated rings. The molecule has 29 heavy (non-hydrogen) atoms. The third-order valence-electron chi connectivity index (χ3n) is 4.05. The number of carbonyl (C=O) groups is 4. The number of hydrogen-bond acceptors (Lipinski definition) is 8. The Hall–Kier alpha value is -3.00. The summed E-state index contributed by atoms with van der Waals surface area (Å²) in [6.07, 6.45) is 0.733. The van der Waals surface area contributed by atoms with E-state index in [0.29, 0.717) is 10.4 Å². The van der Waals surface area contributed by atoms with Gasteiger partial charge in [0.2, 0.25) is 0 Å². The van der Waals surface area contributed by atoms with E-state index < -0.39 is 23.3 Å². The maximum atomic E-state index is 12.9. The van der Waals surface area contributed by atoms with Crippen molar-refractivity contribution in [3.63, 3.8) is 0 Å². The van der Waals surface area contributed by atoms with Crippen LogP contribution in [0.5, 0.6) is 0 Å². The standard InChI is InChI=1S/C21H22O7S/c1-4-26-18(23)21(19(24)27-5-2,20(25)28-6-3)17-12-11-16(29-17)15-9-7-14(13-22)8-10-15/h7-13H,4-6H2,1-3H3. The molecule has 154 valence electrons. The van der Waals surface area contributed by atoms with Crippen LogP contribution in [0.25, 0.3) is 10.4 Å². The molecular formula is C21H22O7S. The van der Waals surface area contributed by atoms with Crippen molar-refractivity contribution in [1.29, 1.82) is 0 Å². The molecule has 0 radical (unpaired) electrons. The molecule has 0 aliphatic carbocycles. The van der Waals surface area contributed by atoms with Crippen molar-refractivity contribution in [2.24, 2.45) is 0 Å². The van der Waals surface area contributed by atoms with Crippen molar-refractivity contribution in [2.45, 2.75) is 26.2 Å². The highest BCUT2D eigenvalue weighted by molar-refractivity contribution is 7.16. The van der Waals surface area contributed by atoms with Crippen LogP contribution in [-0.4, -0.2) is 44.0 Å². The first-order valence-corrected chi connectivity index (χ1v) is 9.94. The normalized spacial score (nSPS) is 10.9. The van der Waals surface area contributed by atoms with Crippen molar-refractivity contribution in [1.82, 2.24) is 0 Å². The number of rotatable bonds is 9. The van der Waals surface area contributed by atoms with Crippen LogP contribution >= 0.6 is 11.3 Å². The van der Waals surface area contributed by atoms with Crippen LogP contribution in [0.1, 0.15) is 36.0 Å². The van der Waals surface area contributed by atoms with E-state index in [-0.39, 0.29) is 24.7 Å². The summed E-state index contributed by atoms with van der Waals surface area (Å²) in [5.74, 6) is -3.12. The summed E-state index contributed by atoms with van der Waals surface area (Å²) < 4.78 is 15.2. The van der Waals surface area contributed by atoms with Gasteiger partial charge in [-0.05, 0) is 38.5 Å². The molecule has 0 saturated carbocycles. The summed E-state index contributed by atoms with van der Waals surface area (Å²) in [5.41, 5.74) is -1.07. The quantitative estimate of drug-likeness (QED) is 0.267. The monoisotopic (exact) mass is 418 g/mol. The van der Waals surface area contributed by atoms with Gasteiger partial charge in [-0.3, -0.25) is 4.79 Å². The molecular weight excluding hydrogens is 396 g/mol. The Kier molecular flexibility index (Phi) is 7.67. The topological polar surface area (TPSA) is 96.0 Å². The first-order chi connectivity index (χ1) is 13.9. The Labute approximate surface area is 172 Å². The summed E-state index contributed by atoms with van der Waals surface area (Å²) in [6.45, 7) is 4.66. The summed E-state index contributed by atoms with van der Waals surface area (Å²) in [5, 5.41) is 0. The first kappa shape index (κ1) is 22.3. The maximum Gasteiger partial charge on any atom is 0.340 e. The molecule has 0 aliphatic rings. The minimum atomic E-state index is -2.35. The molecule has 8 heteroatoms. The molecule has 0 atom stereocenters. The van der Waals surface area contributed by atoms with E-state index in [1.807, 2.05) is 0 Å². The van der Waals surface area contributed by atoms with E-state index in [1.54, 1.807) is 51.1 Å². The predicted molar refractivity (Wildman–Crippen MR) is 107 cm³/mol. The number of aldehydes is 1. The highest BCUT2D eigenvalue weighted by atomic mass is 32.1. The van der Waals surface area contributed by atoms with Crippen LogP contribution in [0, 0.1) is 0 Å². The molecule has 0 spiro atoms. The smallest absolute Gasteiger partial charge is 0.340 e. The van der Waals surface area contributed by atoms with Gasteiger partial charge in [-0.25, -0.2) is 14.4 Å². The Morgan fingerprint density at radius 1 is 0.828 bits per heavy atom. The van der Waals surface area contributed by atoms with Gasteiger partial charge < -0.3 is 14.2 Å². The Bertz CT molecular complexity index is 837. The zero-order valence-corrected chi connectivity index (χ0v) is 17.2. The molecule has 7 nitrogen and oxygen atoms in total. The van der Waals surface area contributed by atoms with Crippen molar-refractivity contribution in [3.05, 3.63) is 46.8 Å². The minimum Gasteiger partial charge on any atom is -0.464 e. The lowest BCUT2D eigenvalue weighted by Gasteiger charge is -2.26. The van der Waals surface area contributed by atoms with E-state index >= 15 is 0 Å². The molecule has 0 aliphatic heterocycles. The van der Waals surface area contributed by atoms with Crippen LogP contribution < -0.4 is 0 Å². The molecule has 0 bridgehead atoms. The molecule has 2 rings (SSSR count). The average Bonchev–Trinajstić information content (AvgIpc) is 3.19. The van der Waals surface area contributed by atoms with Gasteiger partial charge in [0, 0.05) is 15.3 Å². The summed E-state index contributed by atoms with van der Waals surface area (Å²) >= 11 is 1.08. The molecule has 1 aromatic heterocycles. The first-order valence-electron chi connectivity index (χ1n) is 9.13. The lowest BCUT2D eigenvalue weighted by molar-refractivity contribution is -0.175. The van der Waals surface area contributed by atoms with Gasteiger partial charge in [-0.15, -0.1) is 11.3 Å². The van der Waals surface area contributed by atoms with Gasteiger partial charge in [0.25, 0.3) is 5.41 Å². The molecule has 0 unspecified atom stereocenters. The Morgan fingerprint density at radius 2 is 1.31 bits per heavy atom. The lowest BCUT2D eigenvalue weighted by atomic mass is 9.86. The number of esters is 3. The van der Waals surface area contributed by atoms with Crippen LogP contribution in [-0.2, 0) is 34.0 Å². The predicted octanol–water partition coefficient (Wildman–Crippen LogP) is 3.15. The molecule has 1 aromatic carbocycles. The van der Waals surface area contributed by atoms with E-state index in [1.165, 1.54) is 6.07 Å². The second-order valence-corrected chi connectivity index (χ2v) is 6.90. The second-order valence-electron chi connectivity index (χ2n) is 5.82. The van der Waals surface area contributed by atoms with Crippen LogP contribution in [0.4, 0.5) is 0 Å². The van der Waals surface area contributed by atoms with Crippen LogP contribution in [0.15, 0.2) is 36.4 Å². The Morgan fingerprint density at radius 3 is 1.72 bits per heavy atom. The van der Waals surface area contributed by atoms with Crippen LogP contribution in [0.2, 0.25) is 0 Å². The van der Waals surface area contributed by atoms with Gasteiger partial charge in [0.1, 0.15) is 6.29 Å². The van der Waals surface area contributed by atoms with Gasteiger partial charge in [0.15, 0.2) is 0 Å². The number of carbonyl (C=O) groups excluding carboxylic acids is 4. The summed E-state index contributed by atoms with van der Waals surface area (Å²) in [6, 6.07) is 9.97. The zero-order valence-electron chi connectivity index (χ0n) is 16.4. The number of benzene rings is 1. The zero-order chi connectivity index (χ0) is 21.4. The van der Waals surface area contributed by atoms with E-state index in [0.717, 1.165) is 23.2 Å². The summed E-state index contributed by atoms with van der Waals surface area (Å²) in [4.78, 5) is 50.3. The van der Waals surface area contributed by atoms with Gasteiger partial charge in [-0.2, -0.15) is 0 Å². The number of hydrogen-bond donors (Lipinski definition) is 0. The maximum absolute atomic E-state index is 12.9. The van der Waals surface area contributed by atoms with Crippen molar-refractivity contribution in [3.8, 4) is 10.4 Å². The molecule has 1 heterocycles. The average molecular weight is 418 g/mol. The highest BCUT2D eigenvalue weighted by Gasteiger charge is 2.60. The number of thiophene rings is 1. The van der Waals surface area contributed by atoms with E-state index in [2.05, 4.69) is 0 Å². The minimum absolute atomic E-state index is 0.0230. The van der Waals surface area contributed by atoms with Crippen molar-refractivity contribution in [2.75, 3.05) is 19.8 Å². The largest absolute Gasteiger partial charge is 0.464 e. The fourth-order valence-corrected chi connectivity index (χ4v) is 3.86. The van der Waals surface area contributed by atoms with Gasteiger partial charge in [0.05, 0.1) is 19.8 Å². The second kappa shape index (κ2) is 9.97. The molecule has 2 aromatic rings. The SMILES string of the molecule is CCOC(=O)C(C(=O)OCC)(C(=O)OCC)c1ccc(-c2ccc(C=O)cc2)s1. The molecule has 0 saturated heterocycles. The Balaban J connectivity index is 2.61. The highest BCUT2D eigenvalue weighted by Crippen LogP contribution is 2.38. The summed E-state index contributed by atoms with van der Waals surface area (Å²) in [7, 11) is 0. The lowest BCUT2D eigenvalue weighted by Crippen LogP contribution is -2.53. The fraction of sp³-hybridized carbons (Fsp3) is 0.333. The van der Waals surface area contributed by atoms with Gasteiger partial charge in [-0.1, -0.05) is 24.3 Å². The van der Waals surface area contributed by atoms with Crippen molar-refractivity contribution >= 4 is 35.5 Å². The van der Waals surface area contributed by atoms with Crippen LogP contribution in [0.3, 0.4) is 0 Å².